The van der Waals surface area contributed by atoms with Gasteiger partial charge in [0.2, 0.25) is 17.8 Å². The maximum Gasteiger partial charge on any atom is 0.269 e. The maximum atomic E-state index is 12.5. The van der Waals surface area contributed by atoms with Gasteiger partial charge >= 0.3 is 0 Å². The van der Waals surface area contributed by atoms with E-state index < -0.39 is 5.91 Å². The van der Waals surface area contributed by atoms with Gasteiger partial charge < -0.3 is 10.2 Å². The zero-order valence-electron chi connectivity index (χ0n) is 16.7. The Morgan fingerprint density at radius 2 is 1.97 bits per heavy atom. The van der Waals surface area contributed by atoms with Crippen LogP contribution in [-0.4, -0.2) is 40.8 Å². The van der Waals surface area contributed by atoms with Crippen molar-refractivity contribution in [3.63, 3.8) is 0 Å². The molecule has 0 bridgehead atoms. The molecule has 4 rings (SSSR count). The average Bonchev–Trinajstić information content (AvgIpc) is 3.19. The van der Waals surface area contributed by atoms with Gasteiger partial charge in [0.15, 0.2) is 0 Å². The second kappa shape index (κ2) is 8.27. The summed E-state index contributed by atoms with van der Waals surface area (Å²) in [7, 11) is 0. The lowest BCUT2D eigenvalue weighted by Crippen LogP contribution is -2.38. The van der Waals surface area contributed by atoms with E-state index in [0.717, 1.165) is 11.3 Å². The number of carbonyl (C=O) groups excluding carboxylic acids is 3. The summed E-state index contributed by atoms with van der Waals surface area (Å²) in [6.07, 6.45) is 0.606. The standard InChI is InChI=1S/C21H20N6O4/c1-12(28)22-11-18(29)27-9-8-13-10-14(6-7-17(13)27)19(30)25-26-21-23-16-5-3-2-4-15(16)20(31)24-21/h2-7,10H,8-9,11H2,1H3,(H,22,28)(H,25,30)(H2,23,24,26,31). The Hall–Kier alpha value is -4.21. The number of amides is 3. The van der Waals surface area contributed by atoms with Gasteiger partial charge in [0.25, 0.3) is 11.5 Å². The van der Waals surface area contributed by atoms with Crippen LogP contribution in [0.25, 0.3) is 10.9 Å². The number of benzene rings is 2. The van der Waals surface area contributed by atoms with Gasteiger partial charge in [0.05, 0.1) is 17.4 Å². The predicted octanol–water partition coefficient (Wildman–Crippen LogP) is 0.705. The first-order valence-electron chi connectivity index (χ1n) is 9.65. The molecule has 1 aliphatic heterocycles. The first kappa shape index (κ1) is 20.1. The summed E-state index contributed by atoms with van der Waals surface area (Å²) < 4.78 is 0. The predicted molar refractivity (Wildman–Crippen MR) is 115 cm³/mol. The summed E-state index contributed by atoms with van der Waals surface area (Å²) in [5, 5.41) is 2.95. The van der Waals surface area contributed by atoms with Gasteiger partial charge in [-0.1, -0.05) is 12.1 Å². The monoisotopic (exact) mass is 420 g/mol. The zero-order valence-corrected chi connectivity index (χ0v) is 16.7. The molecule has 2 heterocycles. The number of aromatic nitrogens is 2. The third kappa shape index (κ3) is 4.22. The van der Waals surface area contributed by atoms with E-state index in [1.54, 1.807) is 47.4 Å². The molecular weight excluding hydrogens is 400 g/mol. The molecule has 3 aromatic rings. The second-order valence-electron chi connectivity index (χ2n) is 7.06. The molecule has 0 unspecified atom stereocenters. The van der Waals surface area contributed by atoms with Crippen LogP contribution in [0.2, 0.25) is 0 Å². The maximum absolute atomic E-state index is 12.5. The van der Waals surface area contributed by atoms with Crippen molar-refractivity contribution >= 4 is 40.3 Å². The van der Waals surface area contributed by atoms with Crippen molar-refractivity contribution in [3.05, 3.63) is 63.9 Å². The van der Waals surface area contributed by atoms with Crippen molar-refractivity contribution in [2.24, 2.45) is 0 Å². The van der Waals surface area contributed by atoms with Crippen molar-refractivity contribution < 1.29 is 14.4 Å². The van der Waals surface area contributed by atoms with Gasteiger partial charge in [-0.15, -0.1) is 0 Å². The van der Waals surface area contributed by atoms with E-state index in [0.29, 0.717) is 29.4 Å². The van der Waals surface area contributed by atoms with Crippen LogP contribution in [0, 0.1) is 0 Å². The first-order valence-corrected chi connectivity index (χ1v) is 9.65. The number of anilines is 2. The Bertz CT molecular complexity index is 1250. The van der Waals surface area contributed by atoms with E-state index in [1.165, 1.54) is 6.92 Å². The molecule has 0 spiro atoms. The highest BCUT2D eigenvalue weighted by Gasteiger charge is 2.25. The SMILES string of the molecule is CC(=O)NCC(=O)N1CCc2cc(C(=O)NNc3nc4ccccc4c(=O)[nH]3)ccc21. The minimum Gasteiger partial charge on any atom is -0.347 e. The smallest absolute Gasteiger partial charge is 0.269 e. The number of aromatic amines is 1. The summed E-state index contributed by atoms with van der Waals surface area (Å²) in [4.78, 5) is 56.4. The van der Waals surface area contributed by atoms with Crippen LogP contribution in [0.4, 0.5) is 11.6 Å². The summed E-state index contributed by atoms with van der Waals surface area (Å²) >= 11 is 0. The quantitative estimate of drug-likeness (QED) is 0.449. The molecule has 31 heavy (non-hydrogen) atoms. The Labute approximate surface area is 176 Å². The van der Waals surface area contributed by atoms with Crippen LogP contribution in [0.15, 0.2) is 47.3 Å². The van der Waals surface area contributed by atoms with E-state index in [1.807, 2.05) is 0 Å². The Kier molecular flexibility index (Phi) is 5.35. The highest BCUT2D eigenvalue weighted by atomic mass is 16.2. The fourth-order valence-electron chi connectivity index (χ4n) is 3.43. The average molecular weight is 420 g/mol. The number of para-hydroxylation sites is 1. The Morgan fingerprint density at radius 3 is 2.77 bits per heavy atom. The molecule has 0 aliphatic carbocycles. The molecule has 0 radical (unpaired) electrons. The van der Waals surface area contributed by atoms with E-state index in [9.17, 15) is 19.2 Å². The van der Waals surface area contributed by atoms with Gasteiger partial charge in [-0.3, -0.25) is 35.0 Å². The van der Waals surface area contributed by atoms with Crippen molar-refractivity contribution in [2.75, 3.05) is 23.4 Å². The molecule has 158 valence electrons. The highest BCUT2D eigenvalue weighted by Crippen LogP contribution is 2.28. The molecule has 1 aromatic heterocycles. The Balaban J connectivity index is 1.44. The lowest BCUT2D eigenvalue weighted by atomic mass is 10.1. The van der Waals surface area contributed by atoms with E-state index in [4.69, 9.17) is 0 Å². The van der Waals surface area contributed by atoms with E-state index in [2.05, 4.69) is 26.1 Å². The number of hydrogen-bond donors (Lipinski definition) is 4. The van der Waals surface area contributed by atoms with Gasteiger partial charge in [0.1, 0.15) is 0 Å². The zero-order chi connectivity index (χ0) is 22.0. The van der Waals surface area contributed by atoms with Crippen LogP contribution in [0.5, 0.6) is 0 Å². The number of H-pyrrole nitrogens is 1. The molecule has 0 saturated carbocycles. The molecule has 1 aliphatic rings. The van der Waals surface area contributed by atoms with Gasteiger partial charge in [-0.05, 0) is 42.3 Å². The second-order valence-corrected chi connectivity index (χ2v) is 7.06. The Morgan fingerprint density at radius 1 is 1.16 bits per heavy atom. The third-order valence-corrected chi connectivity index (χ3v) is 4.93. The summed E-state index contributed by atoms with van der Waals surface area (Å²) in [6, 6.07) is 11.9. The molecule has 2 aromatic carbocycles. The highest BCUT2D eigenvalue weighted by molar-refractivity contribution is 6.00. The van der Waals surface area contributed by atoms with Crippen LogP contribution < -0.4 is 26.6 Å². The van der Waals surface area contributed by atoms with Gasteiger partial charge in [-0.25, -0.2) is 4.98 Å². The van der Waals surface area contributed by atoms with Crippen molar-refractivity contribution in [2.45, 2.75) is 13.3 Å². The fraction of sp³-hybridized carbons (Fsp3) is 0.190. The molecule has 10 heteroatoms. The number of fused-ring (bicyclic) bond motifs is 2. The van der Waals surface area contributed by atoms with Crippen LogP contribution in [0.1, 0.15) is 22.8 Å². The topological polar surface area (TPSA) is 136 Å². The number of carbonyl (C=O) groups is 3. The van der Waals surface area contributed by atoms with Crippen LogP contribution in [-0.2, 0) is 16.0 Å². The van der Waals surface area contributed by atoms with Crippen molar-refractivity contribution in [1.29, 1.82) is 0 Å². The molecule has 3 amide bonds. The van der Waals surface area contributed by atoms with Crippen LogP contribution in [0.3, 0.4) is 0 Å². The summed E-state index contributed by atoms with van der Waals surface area (Å²) in [6.45, 7) is 1.77. The summed E-state index contributed by atoms with van der Waals surface area (Å²) in [5.41, 5.74) is 7.31. The fourth-order valence-corrected chi connectivity index (χ4v) is 3.43. The number of hydrazine groups is 1. The molecule has 10 nitrogen and oxygen atoms in total. The number of rotatable bonds is 5. The normalized spacial score (nSPS) is 12.4. The van der Waals surface area contributed by atoms with E-state index in [-0.39, 0.29) is 29.9 Å². The van der Waals surface area contributed by atoms with Crippen molar-refractivity contribution in [1.82, 2.24) is 20.7 Å². The van der Waals surface area contributed by atoms with Gasteiger partial charge in [0, 0.05) is 24.7 Å². The van der Waals surface area contributed by atoms with Crippen LogP contribution >= 0.6 is 0 Å². The first-order chi connectivity index (χ1) is 14.9. The molecule has 4 N–H and O–H groups in total. The van der Waals surface area contributed by atoms with E-state index >= 15 is 0 Å². The minimum atomic E-state index is -0.415. The molecule has 0 fully saturated rings. The molecular formula is C21H20N6O4. The largest absolute Gasteiger partial charge is 0.347 e. The lowest BCUT2D eigenvalue weighted by molar-refractivity contribution is -0.123. The van der Waals surface area contributed by atoms with Gasteiger partial charge in [-0.2, -0.15) is 0 Å². The number of nitrogens with one attached hydrogen (secondary N) is 4. The number of hydrogen-bond acceptors (Lipinski definition) is 6. The molecule has 0 saturated heterocycles. The third-order valence-electron chi connectivity index (χ3n) is 4.93. The summed E-state index contributed by atoms with van der Waals surface area (Å²) in [5.74, 6) is -0.775. The lowest BCUT2D eigenvalue weighted by Gasteiger charge is -2.17. The molecule has 0 atom stereocenters. The number of nitrogens with zero attached hydrogens (tertiary/aromatic N) is 2. The van der Waals surface area contributed by atoms with Crippen molar-refractivity contribution in [3.8, 4) is 0 Å². The minimum absolute atomic E-state index is 0.0715.